The van der Waals surface area contributed by atoms with Crippen molar-refractivity contribution >= 4 is 29.6 Å². The van der Waals surface area contributed by atoms with Gasteiger partial charge in [0, 0.05) is 46.9 Å². The maximum Gasteiger partial charge on any atom is 0.317 e. The normalized spacial score (nSPS) is 10.7. The van der Waals surface area contributed by atoms with Gasteiger partial charge in [-0.3, -0.25) is 38.7 Å². The monoisotopic (exact) mass is 445 g/mol. The first-order valence-corrected chi connectivity index (χ1v) is 8.48. The van der Waals surface area contributed by atoms with E-state index in [-0.39, 0.29) is 26.2 Å². The van der Waals surface area contributed by atoms with Gasteiger partial charge in [0.2, 0.25) is 0 Å². The largest absolute Gasteiger partial charge is 0.480 e. The lowest BCUT2D eigenvalue weighted by Crippen LogP contribution is -2.45. The van der Waals surface area contributed by atoms with Gasteiger partial charge in [-0.15, -0.1) is 19.6 Å². The minimum Gasteiger partial charge on any atom is -0.480 e. The van der Waals surface area contributed by atoms with Crippen LogP contribution < -0.4 is 0 Å². The van der Waals surface area contributed by atoms with Crippen molar-refractivity contribution in [2.24, 2.45) is 20.7 Å². The average molecular weight is 445 g/mol. The second kappa shape index (κ2) is 15.3. The molecule has 31 heavy (non-hydrogen) atoms. The van der Waals surface area contributed by atoms with E-state index in [0.717, 1.165) is 9.80 Å². The summed E-state index contributed by atoms with van der Waals surface area (Å²) in [6.07, 6.45) is 0. The van der Waals surface area contributed by atoms with E-state index in [0.29, 0.717) is 0 Å². The zero-order chi connectivity index (χ0) is 23.8. The predicted molar refractivity (Wildman–Crippen MR) is 100 cm³/mol. The molecule has 0 aliphatic rings. The number of amides is 4. The Morgan fingerprint density at radius 3 is 1.03 bits per heavy atom. The molecule has 0 aliphatic heterocycles. The molecule has 0 aromatic rings. The number of nitroso groups, excluding NO2 is 4. The minimum atomic E-state index is -1.30. The standard InChI is InChI=1S/C14H19N7O10/c22-10(15-28)5-19(2-4-21(9-14(26)27)8-13(25)18-31)1-3-20(6-11(23)16-29)7-12(24)17-30/h1-9H2,(H,26,27). The van der Waals surface area contributed by atoms with E-state index in [2.05, 4.69) is 20.7 Å². The van der Waals surface area contributed by atoms with Gasteiger partial charge in [-0.25, -0.2) is 0 Å². The summed E-state index contributed by atoms with van der Waals surface area (Å²) in [5.74, 6) is -5.78. The van der Waals surface area contributed by atoms with E-state index in [1.807, 2.05) is 0 Å². The summed E-state index contributed by atoms with van der Waals surface area (Å²) in [6, 6.07) is 0. The van der Waals surface area contributed by atoms with Gasteiger partial charge in [0.25, 0.3) is 23.6 Å². The maximum absolute atomic E-state index is 11.4. The van der Waals surface area contributed by atoms with Gasteiger partial charge in [-0.1, -0.05) is 0 Å². The van der Waals surface area contributed by atoms with E-state index < -0.39 is 62.3 Å². The van der Waals surface area contributed by atoms with Gasteiger partial charge in [-0.05, 0) is 0 Å². The number of carbonyl (C=O) groups excluding carboxylic acids is 4. The molecule has 0 bridgehead atoms. The summed E-state index contributed by atoms with van der Waals surface area (Å²) >= 11 is 0. The predicted octanol–water partition coefficient (Wildman–Crippen LogP) is -1.85. The molecule has 0 heterocycles. The quantitative estimate of drug-likeness (QED) is 0.257. The van der Waals surface area contributed by atoms with Crippen molar-refractivity contribution in [1.29, 1.82) is 0 Å². The number of nitrogens with zero attached hydrogens (tertiary/aromatic N) is 7. The molecule has 0 aromatic heterocycles. The van der Waals surface area contributed by atoms with Gasteiger partial charge in [0.15, 0.2) is 0 Å². The fraction of sp³-hybridized carbons (Fsp3) is 0.643. The van der Waals surface area contributed by atoms with E-state index in [9.17, 15) is 43.6 Å². The Balaban J connectivity index is 5.20. The van der Waals surface area contributed by atoms with Crippen LogP contribution in [-0.4, -0.2) is 108 Å². The molecule has 0 saturated heterocycles. The van der Waals surface area contributed by atoms with Gasteiger partial charge in [0.1, 0.15) is 0 Å². The highest BCUT2D eigenvalue weighted by Gasteiger charge is 2.20. The molecule has 17 heteroatoms. The van der Waals surface area contributed by atoms with Crippen LogP contribution in [-0.2, 0) is 24.0 Å². The van der Waals surface area contributed by atoms with Crippen molar-refractivity contribution in [2.45, 2.75) is 0 Å². The molecule has 0 fully saturated rings. The van der Waals surface area contributed by atoms with Crippen LogP contribution in [0.4, 0.5) is 0 Å². The molecule has 0 atom stereocenters. The van der Waals surface area contributed by atoms with Crippen molar-refractivity contribution in [3.63, 3.8) is 0 Å². The van der Waals surface area contributed by atoms with E-state index in [4.69, 9.17) is 5.11 Å². The number of carboxylic acid groups (broad SMARTS) is 1. The van der Waals surface area contributed by atoms with Crippen LogP contribution in [0.5, 0.6) is 0 Å². The van der Waals surface area contributed by atoms with Crippen molar-refractivity contribution in [1.82, 2.24) is 14.7 Å². The number of hydrogen-bond acceptors (Lipinski definition) is 12. The number of rotatable bonds is 16. The number of carboxylic acids is 1. The minimum absolute atomic E-state index is 0.103. The molecule has 4 amide bonds. The Morgan fingerprint density at radius 1 is 0.484 bits per heavy atom. The topological polar surface area (TPSA) is 233 Å². The Morgan fingerprint density at radius 2 is 0.742 bits per heavy atom. The van der Waals surface area contributed by atoms with Crippen molar-refractivity contribution in [3.8, 4) is 0 Å². The molecule has 1 N–H and O–H groups in total. The van der Waals surface area contributed by atoms with Gasteiger partial charge < -0.3 is 5.11 Å². The van der Waals surface area contributed by atoms with Crippen molar-refractivity contribution in [2.75, 3.05) is 58.9 Å². The summed E-state index contributed by atoms with van der Waals surface area (Å²) in [5.41, 5.74) is 0. The van der Waals surface area contributed by atoms with Gasteiger partial charge in [0.05, 0.1) is 32.7 Å². The van der Waals surface area contributed by atoms with Crippen LogP contribution in [0.15, 0.2) is 20.7 Å². The third-order valence-corrected chi connectivity index (χ3v) is 3.67. The highest BCUT2D eigenvalue weighted by Crippen LogP contribution is 1.99. The summed E-state index contributed by atoms with van der Waals surface area (Å²) in [6.45, 7) is -3.53. The van der Waals surface area contributed by atoms with Gasteiger partial charge >= 0.3 is 5.97 Å². The number of carbonyl (C=O) groups is 5. The van der Waals surface area contributed by atoms with Crippen LogP contribution in [0.25, 0.3) is 0 Å². The maximum atomic E-state index is 11.4. The summed E-state index contributed by atoms with van der Waals surface area (Å²) in [5, 5.41) is 17.6. The summed E-state index contributed by atoms with van der Waals surface area (Å²) in [4.78, 5) is 101. The van der Waals surface area contributed by atoms with Crippen molar-refractivity contribution in [3.05, 3.63) is 19.6 Å². The molecule has 0 rings (SSSR count). The van der Waals surface area contributed by atoms with Crippen LogP contribution in [0, 0.1) is 19.6 Å². The third-order valence-electron chi connectivity index (χ3n) is 3.67. The average Bonchev–Trinajstić information content (AvgIpc) is 2.73. The second-order valence-electron chi connectivity index (χ2n) is 6.03. The first-order chi connectivity index (χ1) is 14.6. The highest BCUT2D eigenvalue weighted by molar-refractivity contribution is 5.82. The Hall–Kier alpha value is -3.57. The molecule has 0 radical (unpaired) electrons. The highest BCUT2D eigenvalue weighted by atomic mass is 16.4. The molecule has 170 valence electrons. The fourth-order valence-corrected chi connectivity index (χ4v) is 2.34. The second-order valence-corrected chi connectivity index (χ2v) is 6.03. The molecule has 0 saturated carbocycles. The lowest BCUT2D eigenvalue weighted by Gasteiger charge is -2.27. The molecular formula is C14H19N7O10. The first kappa shape index (κ1) is 27.4. The van der Waals surface area contributed by atoms with Crippen LogP contribution in [0.2, 0.25) is 0 Å². The molecule has 0 aliphatic carbocycles. The SMILES string of the molecule is O=NC(=O)CN(CCN(CC(=O)O)CC(=O)N=O)CCN(CC(=O)N=O)CC(=O)N=O. The third kappa shape index (κ3) is 13.3. The van der Waals surface area contributed by atoms with Gasteiger partial charge in [-0.2, -0.15) is 0 Å². The zero-order valence-corrected chi connectivity index (χ0v) is 16.1. The Labute approximate surface area is 173 Å². The molecule has 17 nitrogen and oxygen atoms in total. The van der Waals surface area contributed by atoms with E-state index in [1.165, 1.54) is 4.90 Å². The van der Waals surface area contributed by atoms with E-state index in [1.54, 1.807) is 0 Å². The van der Waals surface area contributed by atoms with Crippen molar-refractivity contribution < 1.29 is 29.1 Å². The summed E-state index contributed by atoms with van der Waals surface area (Å²) in [7, 11) is 0. The van der Waals surface area contributed by atoms with Crippen LogP contribution in [0.1, 0.15) is 0 Å². The fourth-order valence-electron chi connectivity index (χ4n) is 2.34. The first-order valence-electron chi connectivity index (χ1n) is 8.48. The molecule has 0 unspecified atom stereocenters. The Kier molecular flexibility index (Phi) is 13.5. The lowest BCUT2D eigenvalue weighted by molar-refractivity contribution is -0.138. The van der Waals surface area contributed by atoms with Crippen LogP contribution in [0.3, 0.4) is 0 Å². The molecular weight excluding hydrogens is 426 g/mol. The van der Waals surface area contributed by atoms with Crippen LogP contribution >= 0.6 is 0 Å². The Bertz CT molecular complexity index is 706. The zero-order valence-electron chi connectivity index (χ0n) is 16.1. The smallest absolute Gasteiger partial charge is 0.317 e. The lowest BCUT2D eigenvalue weighted by atomic mass is 10.3. The molecule has 0 aromatic carbocycles. The molecule has 0 spiro atoms. The van der Waals surface area contributed by atoms with E-state index >= 15 is 0 Å². The number of hydrogen-bond donors (Lipinski definition) is 1. The number of aliphatic carboxylic acids is 1. The summed E-state index contributed by atoms with van der Waals surface area (Å²) < 4.78 is 0.